The summed E-state index contributed by atoms with van der Waals surface area (Å²) in [7, 11) is 1.51. The van der Waals surface area contributed by atoms with Gasteiger partial charge in [-0.2, -0.15) is 13.2 Å². The van der Waals surface area contributed by atoms with Crippen molar-refractivity contribution < 1.29 is 22.7 Å². The van der Waals surface area contributed by atoms with Crippen molar-refractivity contribution in [2.75, 3.05) is 12.4 Å². The second-order valence-electron chi connectivity index (χ2n) is 5.88. The number of amides is 1. The maximum Gasteiger partial charge on any atom is 0.449 e. The molecule has 0 bridgehead atoms. The molecule has 2 heterocycles. The number of rotatable bonds is 4. The highest BCUT2D eigenvalue weighted by Crippen LogP contribution is 2.33. The molecule has 28 heavy (non-hydrogen) atoms. The lowest BCUT2D eigenvalue weighted by Gasteiger charge is -2.10. The number of carbonyl (C=O) groups excluding carboxylic acids is 1. The van der Waals surface area contributed by atoms with Crippen molar-refractivity contribution in [3.05, 3.63) is 48.3 Å². The van der Waals surface area contributed by atoms with Gasteiger partial charge in [-0.25, -0.2) is 9.97 Å². The van der Waals surface area contributed by atoms with Crippen LogP contribution in [-0.4, -0.2) is 27.6 Å². The van der Waals surface area contributed by atoms with Crippen LogP contribution in [0.1, 0.15) is 5.82 Å². The lowest BCUT2D eigenvalue weighted by Crippen LogP contribution is -2.23. The van der Waals surface area contributed by atoms with E-state index < -0.39 is 24.5 Å². The Morgan fingerprint density at radius 1 is 1.18 bits per heavy atom. The molecule has 2 aromatic carbocycles. The summed E-state index contributed by atoms with van der Waals surface area (Å²) in [5.41, 5.74) is 0.984. The zero-order chi connectivity index (χ0) is 19.9. The van der Waals surface area contributed by atoms with Gasteiger partial charge in [-0.15, -0.1) is 0 Å². The largest absolute Gasteiger partial charge is 0.494 e. The van der Waals surface area contributed by atoms with Gasteiger partial charge in [-0.05, 0) is 24.3 Å². The van der Waals surface area contributed by atoms with Crippen molar-refractivity contribution in [3.8, 4) is 5.75 Å². The van der Waals surface area contributed by atoms with Gasteiger partial charge in [0.05, 0.1) is 22.8 Å². The third-order valence-electron chi connectivity index (χ3n) is 4.06. The number of aromatic nitrogens is 3. The van der Waals surface area contributed by atoms with Crippen molar-refractivity contribution in [2.45, 2.75) is 12.7 Å². The minimum atomic E-state index is -4.68. The van der Waals surface area contributed by atoms with E-state index in [9.17, 15) is 18.0 Å². The van der Waals surface area contributed by atoms with Crippen molar-refractivity contribution in [1.82, 2.24) is 14.5 Å². The number of nitrogens with zero attached hydrogens (tertiary/aromatic N) is 3. The summed E-state index contributed by atoms with van der Waals surface area (Å²) < 4.78 is 46.9. The number of thiazole rings is 1. The first-order chi connectivity index (χ1) is 13.4. The molecule has 2 aromatic heterocycles. The molecule has 0 unspecified atom stereocenters. The first-order valence-corrected chi connectivity index (χ1v) is 8.94. The highest BCUT2D eigenvalue weighted by Gasteiger charge is 2.38. The fraction of sp³-hybridized carbons (Fsp3) is 0.167. The fourth-order valence-corrected chi connectivity index (χ4v) is 3.80. The molecular weight excluding hydrogens is 393 g/mol. The normalized spacial score (nSPS) is 11.9. The number of ether oxygens (including phenoxy) is 1. The quantitative estimate of drug-likeness (QED) is 0.548. The van der Waals surface area contributed by atoms with Crippen LogP contribution in [0.15, 0.2) is 42.5 Å². The number of para-hydroxylation sites is 3. The number of fused-ring (bicyclic) bond motifs is 2. The molecule has 0 spiro atoms. The molecule has 0 fully saturated rings. The average molecular weight is 406 g/mol. The molecule has 0 aliphatic carbocycles. The molecule has 10 heteroatoms. The third kappa shape index (κ3) is 3.26. The molecule has 0 atom stereocenters. The molecule has 0 aliphatic rings. The van der Waals surface area contributed by atoms with E-state index in [2.05, 4.69) is 15.3 Å². The Labute approximate surface area is 160 Å². The van der Waals surface area contributed by atoms with Gasteiger partial charge in [0.1, 0.15) is 17.8 Å². The smallest absolute Gasteiger partial charge is 0.449 e. The number of benzene rings is 2. The Hall–Kier alpha value is -3.14. The van der Waals surface area contributed by atoms with Crippen molar-refractivity contribution in [3.63, 3.8) is 0 Å². The molecule has 1 amide bonds. The number of anilines is 1. The number of imidazole rings is 1. The lowest BCUT2D eigenvalue weighted by atomic mass is 10.3. The van der Waals surface area contributed by atoms with E-state index in [4.69, 9.17) is 4.74 Å². The Balaban J connectivity index is 1.64. The molecule has 0 saturated heterocycles. The predicted molar refractivity (Wildman–Crippen MR) is 99.5 cm³/mol. The Morgan fingerprint density at radius 3 is 2.71 bits per heavy atom. The van der Waals surface area contributed by atoms with Crippen LogP contribution in [-0.2, 0) is 17.5 Å². The maximum absolute atomic E-state index is 13.3. The number of hydrogen-bond acceptors (Lipinski definition) is 5. The molecule has 6 nitrogen and oxygen atoms in total. The fourth-order valence-electron chi connectivity index (χ4n) is 2.90. The maximum atomic E-state index is 13.3. The van der Waals surface area contributed by atoms with Gasteiger partial charge >= 0.3 is 6.18 Å². The Kier molecular flexibility index (Phi) is 4.42. The van der Waals surface area contributed by atoms with Crippen LogP contribution in [0.4, 0.5) is 18.3 Å². The summed E-state index contributed by atoms with van der Waals surface area (Å²) in [5, 5.41) is 2.84. The highest BCUT2D eigenvalue weighted by molar-refractivity contribution is 7.22. The van der Waals surface area contributed by atoms with Crippen LogP contribution in [0.5, 0.6) is 5.75 Å². The summed E-state index contributed by atoms with van der Waals surface area (Å²) in [6, 6.07) is 11.5. The number of carbonyl (C=O) groups is 1. The van der Waals surface area contributed by atoms with Gasteiger partial charge in [-0.3, -0.25) is 4.79 Å². The number of halogens is 3. The van der Waals surface area contributed by atoms with Crippen LogP contribution in [0, 0.1) is 0 Å². The second-order valence-corrected chi connectivity index (χ2v) is 6.91. The Bertz CT molecular complexity index is 1180. The van der Waals surface area contributed by atoms with E-state index in [0.29, 0.717) is 11.3 Å². The van der Waals surface area contributed by atoms with Crippen LogP contribution in [0.25, 0.3) is 21.3 Å². The molecule has 0 aliphatic heterocycles. The van der Waals surface area contributed by atoms with Gasteiger partial charge < -0.3 is 14.6 Å². The summed E-state index contributed by atoms with van der Waals surface area (Å²) in [5.74, 6) is -1.20. The van der Waals surface area contributed by atoms with E-state index in [1.165, 1.54) is 30.6 Å². The zero-order valence-corrected chi connectivity index (χ0v) is 15.3. The van der Waals surface area contributed by atoms with Gasteiger partial charge in [0, 0.05) is 0 Å². The van der Waals surface area contributed by atoms with E-state index in [0.717, 1.165) is 9.27 Å². The molecule has 4 rings (SSSR count). The molecular formula is C18H13F3N4O2S. The zero-order valence-electron chi connectivity index (χ0n) is 14.4. The standard InChI is InChI=1S/C18H13F3N4O2S/c1-27-12-7-4-8-13-15(12)24-17(28-13)23-14(26)9-25-11-6-3-2-5-10(11)22-16(25)18(19,20)21/h2-8H,9H2,1H3,(H,23,24,26). The predicted octanol–water partition coefficient (Wildman–Crippen LogP) is 4.31. The van der Waals surface area contributed by atoms with Crippen LogP contribution in [0.3, 0.4) is 0 Å². The van der Waals surface area contributed by atoms with Gasteiger partial charge in [0.2, 0.25) is 11.7 Å². The minimum Gasteiger partial charge on any atom is -0.494 e. The molecule has 1 N–H and O–H groups in total. The van der Waals surface area contributed by atoms with E-state index in [1.54, 1.807) is 24.3 Å². The lowest BCUT2D eigenvalue weighted by molar-refractivity contribution is -0.147. The van der Waals surface area contributed by atoms with Crippen molar-refractivity contribution in [1.29, 1.82) is 0 Å². The summed E-state index contributed by atoms with van der Waals surface area (Å²) in [4.78, 5) is 20.4. The minimum absolute atomic E-state index is 0.173. The van der Waals surface area contributed by atoms with Gasteiger partial charge in [0.25, 0.3) is 0 Å². The summed E-state index contributed by atoms with van der Waals surface area (Å²) >= 11 is 1.21. The summed E-state index contributed by atoms with van der Waals surface area (Å²) in [6.45, 7) is -0.539. The number of methoxy groups -OCH3 is 1. The van der Waals surface area contributed by atoms with Gasteiger partial charge in [-0.1, -0.05) is 29.5 Å². The summed E-state index contributed by atoms with van der Waals surface area (Å²) in [6.07, 6.45) is -4.68. The monoisotopic (exact) mass is 406 g/mol. The second kappa shape index (κ2) is 6.79. The average Bonchev–Trinajstić information content (AvgIpc) is 3.22. The Morgan fingerprint density at radius 2 is 1.96 bits per heavy atom. The van der Waals surface area contributed by atoms with E-state index in [-0.39, 0.29) is 16.2 Å². The number of alkyl halides is 3. The van der Waals surface area contributed by atoms with Crippen LogP contribution < -0.4 is 10.1 Å². The first kappa shape index (κ1) is 18.2. The molecule has 0 radical (unpaired) electrons. The topological polar surface area (TPSA) is 69.0 Å². The molecule has 0 saturated carbocycles. The first-order valence-electron chi connectivity index (χ1n) is 8.12. The third-order valence-corrected chi connectivity index (χ3v) is 4.99. The highest BCUT2D eigenvalue weighted by atomic mass is 32.1. The SMILES string of the molecule is COc1cccc2sc(NC(=O)Cn3c(C(F)(F)F)nc4ccccc43)nc12. The number of nitrogens with one attached hydrogen (secondary N) is 1. The van der Waals surface area contributed by atoms with Crippen molar-refractivity contribution in [2.24, 2.45) is 0 Å². The van der Waals surface area contributed by atoms with Gasteiger partial charge in [0.15, 0.2) is 5.13 Å². The van der Waals surface area contributed by atoms with E-state index >= 15 is 0 Å². The number of hydrogen-bond donors (Lipinski definition) is 1. The van der Waals surface area contributed by atoms with E-state index in [1.807, 2.05) is 6.07 Å². The molecule has 144 valence electrons. The van der Waals surface area contributed by atoms with Crippen LogP contribution >= 0.6 is 11.3 Å². The van der Waals surface area contributed by atoms with Crippen molar-refractivity contribution >= 4 is 43.6 Å². The van der Waals surface area contributed by atoms with Crippen LogP contribution in [0.2, 0.25) is 0 Å². The molecule has 4 aromatic rings.